The van der Waals surface area contributed by atoms with Crippen LogP contribution in [0.4, 0.5) is 0 Å². The van der Waals surface area contributed by atoms with Gasteiger partial charge in [-0.05, 0) is 37.5 Å². The average Bonchev–Trinajstić information content (AvgIpc) is 3.43. The number of carbonyl (C=O) groups is 2. The first-order valence-corrected chi connectivity index (χ1v) is 11.5. The Morgan fingerprint density at radius 1 is 1.19 bits per heavy atom. The summed E-state index contributed by atoms with van der Waals surface area (Å²) >= 11 is 0. The summed E-state index contributed by atoms with van der Waals surface area (Å²) < 4.78 is 7.99. The number of likely N-dealkylation sites (N-methyl/N-ethyl adjacent to an activating group) is 1. The zero-order valence-corrected chi connectivity index (χ0v) is 18.9. The number of rotatable bonds is 7. The van der Waals surface area contributed by atoms with Gasteiger partial charge in [-0.3, -0.25) is 19.2 Å². The summed E-state index contributed by atoms with van der Waals surface area (Å²) in [6.45, 7) is 4.78. The van der Waals surface area contributed by atoms with Crippen LogP contribution in [0, 0.1) is 6.92 Å². The molecular formula is C24H33N5O3. The van der Waals surface area contributed by atoms with Gasteiger partial charge in [0.15, 0.2) is 0 Å². The maximum atomic E-state index is 12.7. The molecule has 0 spiro atoms. The normalized spacial score (nSPS) is 22.1. The zero-order chi connectivity index (χ0) is 22.5. The second-order valence-corrected chi connectivity index (χ2v) is 8.76. The van der Waals surface area contributed by atoms with Crippen LogP contribution in [0.5, 0.6) is 5.75 Å². The van der Waals surface area contributed by atoms with Gasteiger partial charge in [-0.25, -0.2) is 0 Å². The van der Waals surface area contributed by atoms with Gasteiger partial charge in [0, 0.05) is 58.3 Å². The van der Waals surface area contributed by atoms with Crippen LogP contribution in [-0.4, -0.2) is 76.3 Å². The van der Waals surface area contributed by atoms with Crippen LogP contribution >= 0.6 is 0 Å². The van der Waals surface area contributed by atoms with Crippen molar-refractivity contribution in [3.05, 3.63) is 48.3 Å². The van der Waals surface area contributed by atoms with Crippen LogP contribution in [0.2, 0.25) is 0 Å². The third-order valence-corrected chi connectivity index (χ3v) is 6.50. The first-order valence-electron chi connectivity index (χ1n) is 11.5. The van der Waals surface area contributed by atoms with E-state index in [0.29, 0.717) is 19.4 Å². The number of piperidine rings is 1. The molecule has 3 heterocycles. The Morgan fingerprint density at radius 3 is 2.59 bits per heavy atom. The van der Waals surface area contributed by atoms with E-state index in [2.05, 4.69) is 15.3 Å². The summed E-state index contributed by atoms with van der Waals surface area (Å²) in [5, 5.41) is 7.07. The van der Waals surface area contributed by atoms with Crippen molar-refractivity contribution in [2.75, 3.05) is 26.7 Å². The summed E-state index contributed by atoms with van der Waals surface area (Å²) in [5.74, 6) is 1.05. The predicted molar refractivity (Wildman–Crippen MR) is 121 cm³/mol. The fourth-order valence-electron chi connectivity index (χ4n) is 4.83. The Labute approximate surface area is 189 Å². The number of ether oxygens (including phenoxy) is 1. The highest BCUT2D eigenvalue weighted by Crippen LogP contribution is 2.29. The van der Waals surface area contributed by atoms with Crippen molar-refractivity contribution in [3.8, 4) is 5.75 Å². The number of amides is 2. The molecule has 8 heteroatoms. The first-order chi connectivity index (χ1) is 15.5. The molecule has 2 amide bonds. The number of aromatic nitrogens is 2. The molecule has 0 aliphatic carbocycles. The number of carbonyl (C=O) groups excluding carboxylic acids is 2. The second-order valence-electron chi connectivity index (χ2n) is 8.76. The van der Waals surface area contributed by atoms with Gasteiger partial charge >= 0.3 is 0 Å². The van der Waals surface area contributed by atoms with Crippen molar-refractivity contribution >= 4 is 11.8 Å². The summed E-state index contributed by atoms with van der Waals surface area (Å²) in [5.41, 5.74) is 1.10. The molecule has 8 nitrogen and oxygen atoms in total. The maximum absolute atomic E-state index is 12.7. The van der Waals surface area contributed by atoms with Crippen LogP contribution < -0.4 is 10.1 Å². The van der Waals surface area contributed by atoms with E-state index in [1.165, 1.54) is 0 Å². The lowest BCUT2D eigenvalue weighted by molar-refractivity contribution is -0.134. The minimum Gasteiger partial charge on any atom is -0.489 e. The van der Waals surface area contributed by atoms with Gasteiger partial charge in [-0.15, -0.1) is 0 Å². The number of nitrogens with zero attached hydrogens (tertiary/aromatic N) is 4. The molecule has 1 N–H and O–H groups in total. The highest BCUT2D eigenvalue weighted by Gasteiger charge is 2.42. The van der Waals surface area contributed by atoms with Crippen molar-refractivity contribution in [1.82, 2.24) is 24.9 Å². The van der Waals surface area contributed by atoms with E-state index in [-0.39, 0.29) is 30.0 Å². The molecule has 2 unspecified atom stereocenters. The van der Waals surface area contributed by atoms with E-state index < -0.39 is 0 Å². The lowest BCUT2D eigenvalue weighted by Gasteiger charge is -2.38. The number of para-hydroxylation sites is 1. The Balaban J connectivity index is 1.31. The van der Waals surface area contributed by atoms with Crippen LogP contribution in [0.1, 0.15) is 31.2 Å². The number of likely N-dealkylation sites (tertiary alicyclic amines) is 2. The van der Waals surface area contributed by atoms with Crippen molar-refractivity contribution in [2.45, 2.75) is 57.3 Å². The average molecular weight is 440 g/mol. The molecule has 172 valence electrons. The van der Waals surface area contributed by atoms with Crippen molar-refractivity contribution < 1.29 is 14.3 Å². The minimum atomic E-state index is -0.191. The Bertz CT molecular complexity index is 907. The van der Waals surface area contributed by atoms with E-state index in [1.807, 2.05) is 59.2 Å². The molecule has 2 atom stereocenters. The minimum absolute atomic E-state index is 0.0168. The molecule has 2 fully saturated rings. The summed E-state index contributed by atoms with van der Waals surface area (Å²) in [7, 11) is 1.69. The van der Waals surface area contributed by atoms with Gasteiger partial charge in [0.1, 0.15) is 11.9 Å². The molecule has 2 aliphatic heterocycles. The molecule has 1 aromatic carbocycles. The fraction of sp³-hybridized carbons (Fsp3) is 0.542. The van der Waals surface area contributed by atoms with Crippen molar-refractivity contribution in [2.24, 2.45) is 0 Å². The van der Waals surface area contributed by atoms with Crippen molar-refractivity contribution in [1.29, 1.82) is 0 Å². The van der Waals surface area contributed by atoms with Crippen molar-refractivity contribution in [3.63, 3.8) is 0 Å². The predicted octanol–water partition coefficient (Wildman–Crippen LogP) is 1.84. The van der Waals surface area contributed by atoms with E-state index in [1.54, 1.807) is 7.05 Å². The summed E-state index contributed by atoms with van der Waals surface area (Å²) in [4.78, 5) is 29.5. The molecular weight excluding hydrogens is 406 g/mol. The highest BCUT2D eigenvalue weighted by molar-refractivity contribution is 5.82. The molecule has 0 radical (unpaired) electrons. The largest absolute Gasteiger partial charge is 0.489 e. The van der Waals surface area contributed by atoms with Crippen LogP contribution in [0.25, 0.3) is 0 Å². The highest BCUT2D eigenvalue weighted by atomic mass is 16.5. The topological polar surface area (TPSA) is 79.7 Å². The molecule has 0 saturated carbocycles. The third kappa shape index (κ3) is 5.30. The smallest absolute Gasteiger partial charge is 0.237 e. The van der Waals surface area contributed by atoms with E-state index >= 15 is 0 Å². The lowest BCUT2D eigenvalue weighted by Crippen LogP contribution is -2.51. The number of aryl methyl sites for hydroxylation is 2. The summed E-state index contributed by atoms with van der Waals surface area (Å²) in [6, 6.07) is 9.87. The maximum Gasteiger partial charge on any atom is 0.237 e. The van der Waals surface area contributed by atoms with E-state index in [4.69, 9.17) is 4.74 Å². The van der Waals surface area contributed by atoms with Crippen LogP contribution in [0.3, 0.4) is 0 Å². The Hall–Kier alpha value is -2.87. The standard InChI is InChI=1S/C24H33N5O3/c1-18-15-26-28(16-18)13-10-23(30)27-11-8-19(9-12-27)29-17-21(14-22(29)24(31)25-2)32-20-6-4-3-5-7-20/h3-7,15-16,19,21-22H,8-14,17H2,1-2H3,(H,25,31). The van der Waals surface area contributed by atoms with Gasteiger partial charge < -0.3 is 15.0 Å². The fourth-order valence-corrected chi connectivity index (χ4v) is 4.83. The number of benzene rings is 1. The zero-order valence-electron chi connectivity index (χ0n) is 18.9. The molecule has 4 rings (SSSR count). The molecule has 32 heavy (non-hydrogen) atoms. The SMILES string of the molecule is CNC(=O)C1CC(Oc2ccccc2)CN1C1CCN(C(=O)CCn2cc(C)cn2)CC1. The molecule has 2 aromatic rings. The lowest BCUT2D eigenvalue weighted by atomic mass is 10.0. The van der Waals surface area contributed by atoms with E-state index in [9.17, 15) is 9.59 Å². The van der Waals surface area contributed by atoms with Crippen LogP contribution in [-0.2, 0) is 16.1 Å². The number of hydrogen-bond donors (Lipinski definition) is 1. The summed E-state index contributed by atoms with van der Waals surface area (Å²) in [6.07, 6.45) is 6.64. The van der Waals surface area contributed by atoms with Gasteiger partial charge in [0.25, 0.3) is 0 Å². The monoisotopic (exact) mass is 439 g/mol. The number of hydrogen-bond acceptors (Lipinski definition) is 5. The molecule has 2 saturated heterocycles. The van der Waals surface area contributed by atoms with Gasteiger partial charge in [-0.2, -0.15) is 5.10 Å². The second kappa shape index (κ2) is 10.2. The Kier molecular flexibility index (Phi) is 7.09. The van der Waals surface area contributed by atoms with E-state index in [0.717, 1.165) is 43.8 Å². The third-order valence-electron chi connectivity index (χ3n) is 6.50. The van der Waals surface area contributed by atoms with Gasteiger partial charge in [0.2, 0.25) is 11.8 Å². The quantitative estimate of drug-likeness (QED) is 0.712. The number of nitrogens with one attached hydrogen (secondary N) is 1. The van der Waals surface area contributed by atoms with Gasteiger partial charge in [0.05, 0.1) is 12.2 Å². The molecule has 0 bridgehead atoms. The first kappa shape index (κ1) is 22.3. The molecule has 1 aromatic heterocycles. The van der Waals surface area contributed by atoms with Crippen LogP contribution in [0.15, 0.2) is 42.7 Å². The Morgan fingerprint density at radius 2 is 1.94 bits per heavy atom. The van der Waals surface area contributed by atoms with Gasteiger partial charge in [-0.1, -0.05) is 18.2 Å². The molecule has 2 aliphatic rings.